The summed E-state index contributed by atoms with van der Waals surface area (Å²) in [7, 11) is -2.33. The standard InChI is InChI=1S/C27H29N7O4S/c1-19-5-4-6-20(2)26(19)24-15-25(30-27(29-24)31-39(36,37)23-16-28-32(3)17-23)38-22-9-7-21(8-10-22)34-13-11-33(18-35)12-14-34/h4-10,15-18H,11-14H2,1-3H3,(H,29,30,31). The molecule has 202 valence electrons. The quantitative estimate of drug-likeness (QED) is 0.333. The van der Waals surface area contributed by atoms with Gasteiger partial charge in [-0.3, -0.25) is 9.48 Å². The van der Waals surface area contributed by atoms with E-state index in [0.717, 1.165) is 41.9 Å². The minimum atomic E-state index is -3.97. The van der Waals surface area contributed by atoms with Crippen molar-refractivity contribution in [2.75, 3.05) is 35.8 Å². The average Bonchev–Trinajstić information content (AvgIpc) is 3.36. The van der Waals surface area contributed by atoms with Crippen LogP contribution in [-0.4, -0.2) is 65.7 Å². The molecule has 4 aromatic rings. The normalized spacial score (nSPS) is 13.8. The van der Waals surface area contributed by atoms with E-state index in [-0.39, 0.29) is 16.7 Å². The molecule has 5 rings (SSSR count). The Hall–Kier alpha value is -4.45. The maximum absolute atomic E-state index is 13.0. The van der Waals surface area contributed by atoms with Crippen LogP contribution >= 0.6 is 0 Å². The van der Waals surface area contributed by atoms with Gasteiger partial charge in [-0.1, -0.05) is 18.2 Å². The number of carbonyl (C=O) groups is 1. The van der Waals surface area contributed by atoms with Gasteiger partial charge < -0.3 is 14.5 Å². The topological polar surface area (TPSA) is 123 Å². The van der Waals surface area contributed by atoms with Gasteiger partial charge in [0.25, 0.3) is 10.0 Å². The molecule has 0 aliphatic carbocycles. The molecule has 0 unspecified atom stereocenters. The average molecular weight is 548 g/mol. The van der Waals surface area contributed by atoms with Crippen LogP contribution in [0.4, 0.5) is 11.6 Å². The third-order valence-electron chi connectivity index (χ3n) is 6.54. The molecule has 0 atom stereocenters. The fraction of sp³-hybridized carbons (Fsp3) is 0.259. The van der Waals surface area contributed by atoms with Gasteiger partial charge in [0.2, 0.25) is 18.2 Å². The van der Waals surface area contributed by atoms with Crippen molar-refractivity contribution in [3.05, 3.63) is 72.1 Å². The van der Waals surface area contributed by atoms with Crippen molar-refractivity contribution < 1.29 is 17.9 Å². The van der Waals surface area contributed by atoms with Crippen LogP contribution in [0.5, 0.6) is 11.6 Å². The lowest BCUT2D eigenvalue weighted by molar-refractivity contribution is -0.118. The molecule has 11 nitrogen and oxygen atoms in total. The number of benzene rings is 2. The second kappa shape index (κ2) is 10.7. The van der Waals surface area contributed by atoms with Crippen molar-refractivity contribution in [2.45, 2.75) is 18.7 Å². The van der Waals surface area contributed by atoms with Gasteiger partial charge in [-0.05, 0) is 49.2 Å². The third-order valence-corrected chi connectivity index (χ3v) is 7.83. The van der Waals surface area contributed by atoms with Crippen LogP contribution in [0.2, 0.25) is 0 Å². The van der Waals surface area contributed by atoms with E-state index in [2.05, 4.69) is 24.7 Å². The molecule has 2 aromatic carbocycles. The smallest absolute Gasteiger partial charge is 0.267 e. The summed E-state index contributed by atoms with van der Waals surface area (Å²) >= 11 is 0. The molecule has 2 aromatic heterocycles. The molecule has 1 saturated heterocycles. The van der Waals surface area contributed by atoms with Crippen molar-refractivity contribution in [2.24, 2.45) is 7.05 Å². The molecule has 1 aliphatic rings. The van der Waals surface area contributed by atoms with Crippen LogP contribution in [0, 0.1) is 13.8 Å². The number of nitrogens with one attached hydrogen (secondary N) is 1. The largest absolute Gasteiger partial charge is 0.439 e. The summed E-state index contributed by atoms with van der Waals surface area (Å²) in [5.74, 6) is 0.620. The SMILES string of the molecule is Cc1cccc(C)c1-c1cc(Oc2ccc(N3CCN(C=O)CC3)cc2)nc(NS(=O)(=O)c2cnn(C)c2)n1. The summed E-state index contributed by atoms with van der Waals surface area (Å²) in [6, 6.07) is 15.2. The number of hydrogen-bond donors (Lipinski definition) is 1. The van der Waals surface area contributed by atoms with Gasteiger partial charge in [0.05, 0.1) is 11.9 Å². The molecule has 0 bridgehead atoms. The molecule has 39 heavy (non-hydrogen) atoms. The number of hydrogen-bond acceptors (Lipinski definition) is 8. The Kier molecular flexibility index (Phi) is 7.20. The first-order valence-corrected chi connectivity index (χ1v) is 13.9. The first kappa shape index (κ1) is 26.2. The fourth-order valence-electron chi connectivity index (χ4n) is 4.52. The van der Waals surface area contributed by atoms with Crippen molar-refractivity contribution in [3.8, 4) is 22.9 Å². The summed E-state index contributed by atoms with van der Waals surface area (Å²) in [4.78, 5) is 23.8. The van der Waals surface area contributed by atoms with Crippen molar-refractivity contribution >= 4 is 28.1 Å². The van der Waals surface area contributed by atoms with Gasteiger partial charge >= 0.3 is 0 Å². The Bertz CT molecular complexity index is 1570. The summed E-state index contributed by atoms with van der Waals surface area (Å²) in [5.41, 5.74) is 4.40. The van der Waals surface area contributed by atoms with E-state index < -0.39 is 10.0 Å². The van der Waals surface area contributed by atoms with Gasteiger partial charge in [0.1, 0.15) is 10.6 Å². The number of ether oxygens (including phenoxy) is 1. The van der Waals surface area contributed by atoms with E-state index in [0.29, 0.717) is 24.5 Å². The van der Waals surface area contributed by atoms with Crippen LogP contribution in [0.25, 0.3) is 11.3 Å². The molecule has 1 amide bonds. The molecule has 1 fully saturated rings. The number of aryl methyl sites for hydroxylation is 3. The van der Waals surface area contributed by atoms with Crippen molar-refractivity contribution in [1.82, 2.24) is 24.6 Å². The van der Waals surface area contributed by atoms with E-state index in [1.807, 2.05) is 56.3 Å². The number of amides is 1. The molecule has 0 radical (unpaired) electrons. The summed E-state index contributed by atoms with van der Waals surface area (Å²) in [5, 5.41) is 3.95. The Labute approximate surface area is 227 Å². The maximum atomic E-state index is 13.0. The maximum Gasteiger partial charge on any atom is 0.267 e. The highest BCUT2D eigenvalue weighted by Crippen LogP contribution is 2.31. The second-order valence-electron chi connectivity index (χ2n) is 9.36. The van der Waals surface area contributed by atoms with Gasteiger partial charge in [0.15, 0.2) is 0 Å². The number of aromatic nitrogens is 4. The predicted octanol–water partition coefficient (Wildman–Crippen LogP) is 3.37. The lowest BCUT2D eigenvalue weighted by atomic mass is 10.00. The highest BCUT2D eigenvalue weighted by molar-refractivity contribution is 7.92. The number of piperazine rings is 1. The molecule has 12 heteroatoms. The van der Waals surface area contributed by atoms with Gasteiger partial charge in [-0.2, -0.15) is 10.1 Å². The first-order valence-electron chi connectivity index (χ1n) is 12.4. The molecule has 1 N–H and O–H groups in total. The van der Waals surface area contributed by atoms with E-state index in [1.54, 1.807) is 18.0 Å². The zero-order chi connectivity index (χ0) is 27.6. The predicted molar refractivity (Wildman–Crippen MR) is 147 cm³/mol. The number of carbonyl (C=O) groups excluding carboxylic acids is 1. The lowest BCUT2D eigenvalue weighted by Crippen LogP contribution is -2.45. The van der Waals surface area contributed by atoms with E-state index in [1.165, 1.54) is 17.1 Å². The minimum absolute atomic E-state index is 0.00175. The van der Waals surface area contributed by atoms with E-state index >= 15 is 0 Å². The Morgan fingerprint density at radius 1 is 0.974 bits per heavy atom. The minimum Gasteiger partial charge on any atom is -0.439 e. The van der Waals surface area contributed by atoms with Crippen LogP contribution in [0.1, 0.15) is 11.1 Å². The molecule has 0 saturated carbocycles. The van der Waals surface area contributed by atoms with Crippen LogP contribution in [0.15, 0.2) is 65.8 Å². The van der Waals surface area contributed by atoms with Crippen LogP contribution in [-0.2, 0) is 21.9 Å². The van der Waals surface area contributed by atoms with Crippen LogP contribution < -0.4 is 14.4 Å². The summed E-state index contributed by atoms with van der Waals surface area (Å²) in [6.07, 6.45) is 3.54. The number of anilines is 2. The van der Waals surface area contributed by atoms with Crippen molar-refractivity contribution in [3.63, 3.8) is 0 Å². The highest BCUT2D eigenvalue weighted by Gasteiger charge is 2.21. The Balaban J connectivity index is 1.45. The molecule has 3 heterocycles. The Morgan fingerprint density at radius 3 is 2.28 bits per heavy atom. The van der Waals surface area contributed by atoms with Gasteiger partial charge in [0, 0.05) is 56.7 Å². The zero-order valence-electron chi connectivity index (χ0n) is 21.9. The number of sulfonamides is 1. The first-order chi connectivity index (χ1) is 18.7. The lowest BCUT2D eigenvalue weighted by Gasteiger charge is -2.34. The molecule has 0 spiro atoms. The monoisotopic (exact) mass is 547 g/mol. The molecular weight excluding hydrogens is 518 g/mol. The summed E-state index contributed by atoms with van der Waals surface area (Å²) < 4.78 is 35.9. The van der Waals surface area contributed by atoms with E-state index in [4.69, 9.17) is 4.74 Å². The molecular formula is C27H29N7O4S. The van der Waals surface area contributed by atoms with Crippen molar-refractivity contribution in [1.29, 1.82) is 0 Å². The zero-order valence-corrected chi connectivity index (χ0v) is 22.7. The van der Waals surface area contributed by atoms with Crippen LogP contribution in [0.3, 0.4) is 0 Å². The fourth-order valence-corrected chi connectivity index (χ4v) is 5.44. The highest BCUT2D eigenvalue weighted by atomic mass is 32.2. The van der Waals surface area contributed by atoms with Gasteiger partial charge in [-0.15, -0.1) is 0 Å². The second-order valence-corrected chi connectivity index (χ2v) is 11.0. The van der Waals surface area contributed by atoms with E-state index in [9.17, 15) is 13.2 Å². The molecule has 1 aliphatic heterocycles. The summed E-state index contributed by atoms with van der Waals surface area (Å²) in [6.45, 7) is 6.81. The number of rotatable bonds is 8. The Morgan fingerprint density at radius 2 is 1.67 bits per heavy atom. The van der Waals surface area contributed by atoms with Gasteiger partial charge in [-0.25, -0.2) is 18.1 Å². The number of nitrogens with zero attached hydrogens (tertiary/aromatic N) is 6. The third kappa shape index (κ3) is 5.85.